The van der Waals surface area contributed by atoms with E-state index in [1.54, 1.807) is 6.07 Å². The lowest BCUT2D eigenvalue weighted by molar-refractivity contribution is -0.118. The molecule has 2 aromatic carbocycles. The van der Waals surface area contributed by atoms with Gasteiger partial charge in [-0.2, -0.15) is 0 Å². The molecule has 2 aromatic rings. The van der Waals surface area contributed by atoms with Gasteiger partial charge in [-0.1, -0.05) is 38.1 Å². The Morgan fingerprint density at radius 3 is 2.28 bits per heavy atom. The summed E-state index contributed by atoms with van der Waals surface area (Å²) in [6, 6.07) is 12.5. The Morgan fingerprint density at radius 1 is 1.00 bits per heavy atom. The van der Waals surface area contributed by atoms with Crippen LogP contribution in [0.2, 0.25) is 0 Å². The molecular weight excluding hydrogens is 427 g/mol. The van der Waals surface area contributed by atoms with Crippen molar-refractivity contribution in [3.05, 3.63) is 62.7 Å². The lowest BCUT2D eigenvalue weighted by Gasteiger charge is -2.22. The van der Waals surface area contributed by atoms with Crippen molar-refractivity contribution in [3.8, 4) is 0 Å². The van der Waals surface area contributed by atoms with E-state index in [1.807, 2.05) is 64.1 Å². The molecular formula is C20H23IN2O2. The molecule has 0 aliphatic carbocycles. The largest absolute Gasteiger partial charge is 0.340 e. The zero-order chi connectivity index (χ0) is 18.6. The van der Waals surface area contributed by atoms with E-state index in [0.29, 0.717) is 5.56 Å². The molecule has 0 radical (unpaired) electrons. The van der Waals surface area contributed by atoms with Gasteiger partial charge < -0.3 is 10.6 Å². The predicted molar refractivity (Wildman–Crippen MR) is 110 cm³/mol. The minimum atomic E-state index is -0.605. The molecule has 2 N–H and O–H groups in total. The van der Waals surface area contributed by atoms with Crippen LogP contribution in [0.15, 0.2) is 42.5 Å². The van der Waals surface area contributed by atoms with Gasteiger partial charge in [0.1, 0.15) is 6.04 Å². The molecule has 0 bridgehead atoms. The molecule has 0 aliphatic rings. The van der Waals surface area contributed by atoms with E-state index in [2.05, 4.69) is 33.2 Å². The first-order valence-corrected chi connectivity index (χ1v) is 9.31. The minimum absolute atomic E-state index is 0.0301. The van der Waals surface area contributed by atoms with Crippen LogP contribution in [0.1, 0.15) is 35.3 Å². The summed E-state index contributed by atoms with van der Waals surface area (Å²) in [7, 11) is 0. The Bertz CT molecular complexity index is 787. The number of hydrogen-bond acceptors (Lipinski definition) is 2. The average molecular weight is 450 g/mol. The molecule has 0 aliphatic heterocycles. The van der Waals surface area contributed by atoms with Crippen LogP contribution in [0.5, 0.6) is 0 Å². The Labute approximate surface area is 162 Å². The second kappa shape index (κ2) is 8.47. The summed E-state index contributed by atoms with van der Waals surface area (Å²) in [5.41, 5.74) is 3.37. The van der Waals surface area contributed by atoms with Crippen molar-refractivity contribution in [2.75, 3.05) is 5.32 Å². The molecule has 132 valence electrons. The SMILES string of the molecule is Cc1ccc(NC(=O)C(NC(=O)c2ccccc2C)C(C)C)cc1I. The monoisotopic (exact) mass is 450 g/mol. The van der Waals surface area contributed by atoms with Gasteiger partial charge in [0.05, 0.1) is 0 Å². The number of carbonyl (C=O) groups excluding carboxylic acids is 2. The predicted octanol–water partition coefficient (Wildman–Crippen LogP) is 4.30. The third-order valence-electron chi connectivity index (χ3n) is 4.06. The van der Waals surface area contributed by atoms with Crippen molar-refractivity contribution >= 4 is 40.1 Å². The molecule has 1 atom stereocenters. The minimum Gasteiger partial charge on any atom is -0.340 e. The van der Waals surface area contributed by atoms with Crippen molar-refractivity contribution in [2.45, 2.75) is 33.7 Å². The highest BCUT2D eigenvalue weighted by Gasteiger charge is 2.25. The highest BCUT2D eigenvalue weighted by Crippen LogP contribution is 2.18. The van der Waals surface area contributed by atoms with Gasteiger partial charge in [-0.15, -0.1) is 0 Å². The zero-order valence-electron chi connectivity index (χ0n) is 14.9. The molecule has 0 saturated heterocycles. The first-order valence-electron chi connectivity index (χ1n) is 8.23. The summed E-state index contributed by atoms with van der Waals surface area (Å²) in [4.78, 5) is 25.2. The van der Waals surface area contributed by atoms with E-state index in [4.69, 9.17) is 0 Å². The molecule has 1 unspecified atom stereocenters. The van der Waals surface area contributed by atoms with Gasteiger partial charge in [-0.3, -0.25) is 9.59 Å². The molecule has 2 rings (SSSR count). The zero-order valence-corrected chi connectivity index (χ0v) is 17.0. The number of aryl methyl sites for hydroxylation is 2. The summed E-state index contributed by atoms with van der Waals surface area (Å²) in [5.74, 6) is -0.473. The van der Waals surface area contributed by atoms with Crippen LogP contribution >= 0.6 is 22.6 Å². The summed E-state index contributed by atoms with van der Waals surface area (Å²) in [5, 5.41) is 5.77. The van der Waals surface area contributed by atoms with E-state index in [-0.39, 0.29) is 17.7 Å². The fourth-order valence-electron chi connectivity index (χ4n) is 2.47. The number of amides is 2. The van der Waals surface area contributed by atoms with Gasteiger partial charge in [0.2, 0.25) is 5.91 Å². The molecule has 25 heavy (non-hydrogen) atoms. The molecule has 0 heterocycles. The van der Waals surface area contributed by atoms with Crippen LogP contribution in [0, 0.1) is 23.3 Å². The van der Waals surface area contributed by atoms with Crippen molar-refractivity contribution in [1.82, 2.24) is 5.32 Å². The normalized spacial score (nSPS) is 11.9. The smallest absolute Gasteiger partial charge is 0.252 e. The van der Waals surface area contributed by atoms with Crippen molar-refractivity contribution in [3.63, 3.8) is 0 Å². The topological polar surface area (TPSA) is 58.2 Å². The second-order valence-corrected chi connectivity index (χ2v) is 7.63. The molecule has 0 aromatic heterocycles. The first kappa shape index (κ1) is 19.4. The van der Waals surface area contributed by atoms with Crippen molar-refractivity contribution in [1.29, 1.82) is 0 Å². The summed E-state index contributed by atoms with van der Waals surface area (Å²) < 4.78 is 1.08. The Hall–Kier alpha value is -1.89. The van der Waals surface area contributed by atoms with E-state index >= 15 is 0 Å². The highest BCUT2D eigenvalue weighted by atomic mass is 127. The van der Waals surface area contributed by atoms with Crippen LogP contribution < -0.4 is 10.6 Å². The van der Waals surface area contributed by atoms with E-state index in [0.717, 1.165) is 20.4 Å². The molecule has 4 nitrogen and oxygen atoms in total. The maximum Gasteiger partial charge on any atom is 0.252 e. The van der Waals surface area contributed by atoms with Gasteiger partial charge >= 0.3 is 0 Å². The van der Waals surface area contributed by atoms with Gasteiger partial charge in [0.25, 0.3) is 5.91 Å². The van der Waals surface area contributed by atoms with Crippen LogP contribution in [-0.2, 0) is 4.79 Å². The highest BCUT2D eigenvalue weighted by molar-refractivity contribution is 14.1. The lowest BCUT2D eigenvalue weighted by atomic mass is 10.0. The summed E-state index contributed by atoms with van der Waals surface area (Å²) in [6.07, 6.45) is 0. The number of hydrogen-bond donors (Lipinski definition) is 2. The van der Waals surface area contributed by atoms with Crippen LogP contribution in [0.4, 0.5) is 5.69 Å². The third-order valence-corrected chi connectivity index (χ3v) is 5.23. The van der Waals surface area contributed by atoms with E-state index in [9.17, 15) is 9.59 Å². The number of anilines is 1. The lowest BCUT2D eigenvalue weighted by Crippen LogP contribution is -2.47. The molecule has 0 fully saturated rings. The third kappa shape index (κ3) is 5.04. The van der Waals surface area contributed by atoms with Crippen molar-refractivity contribution < 1.29 is 9.59 Å². The Balaban J connectivity index is 2.14. The van der Waals surface area contributed by atoms with Crippen LogP contribution in [-0.4, -0.2) is 17.9 Å². The number of nitrogens with one attached hydrogen (secondary N) is 2. The summed E-state index contributed by atoms with van der Waals surface area (Å²) in [6.45, 7) is 7.74. The Kier molecular flexibility index (Phi) is 6.58. The van der Waals surface area contributed by atoms with Crippen LogP contribution in [0.3, 0.4) is 0 Å². The molecule has 5 heteroatoms. The average Bonchev–Trinajstić information content (AvgIpc) is 2.55. The maximum absolute atomic E-state index is 12.7. The number of benzene rings is 2. The molecule has 0 spiro atoms. The molecule has 2 amide bonds. The Morgan fingerprint density at radius 2 is 1.68 bits per heavy atom. The van der Waals surface area contributed by atoms with E-state index < -0.39 is 6.04 Å². The van der Waals surface area contributed by atoms with Gasteiger partial charge in [-0.25, -0.2) is 0 Å². The fourth-order valence-corrected chi connectivity index (χ4v) is 2.99. The van der Waals surface area contributed by atoms with Gasteiger partial charge in [0.15, 0.2) is 0 Å². The number of halogens is 1. The molecule has 0 saturated carbocycles. The van der Waals surface area contributed by atoms with Crippen LogP contribution in [0.25, 0.3) is 0 Å². The fraction of sp³-hybridized carbons (Fsp3) is 0.300. The van der Waals surface area contributed by atoms with Crippen molar-refractivity contribution in [2.24, 2.45) is 5.92 Å². The summed E-state index contributed by atoms with van der Waals surface area (Å²) >= 11 is 2.24. The second-order valence-electron chi connectivity index (χ2n) is 6.46. The van der Waals surface area contributed by atoms with Gasteiger partial charge in [-0.05, 0) is 71.7 Å². The maximum atomic E-state index is 12.7. The standard InChI is InChI=1S/C20H23IN2O2/c1-12(2)18(23-19(24)16-8-6-5-7-13(16)3)20(25)22-15-10-9-14(4)17(21)11-15/h5-12,18H,1-4H3,(H,22,25)(H,23,24). The number of carbonyl (C=O) groups is 2. The van der Waals surface area contributed by atoms with Gasteiger partial charge in [0, 0.05) is 14.8 Å². The number of rotatable bonds is 5. The first-order chi connectivity index (χ1) is 11.8. The quantitative estimate of drug-likeness (QED) is 0.668. The van der Waals surface area contributed by atoms with E-state index in [1.165, 1.54) is 0 Å².